The first-order valence-electron chi connectivity index (χ1n) is 5.93. The fourth-order valence-electron chi connectivity index (χ4n) is 1.86. The summed E-state index contributed by atoms with van der Waals surface area (Å²) in [7, 11) is 2.13. The van der Waals surface area contributed by atoms with Gasteiger partial charge < -0.3 is 0 Å². The van der Waals surface area contributed by atoms with Crippen molar-refractivity contribution in [2.75, 3.05) is 7.05 Å². The van der Waals surface area contributed by atoms with Gasteiger partial charge in [0.1, 0.15) is 0 Å². The molecule has 2 aromatic rings. The third-order valence-corrected chi connectivity index (χ3v) is 4.17. The summed E-state index contributed by atoms with van der Waals surface area (Å²) >= 11 is 1.79. The number of hydrogen-bond donors (Lipinski definition) is 0. The van der Waals surface area contributed by atoms with Crippen LogP contribution in [0.5, 0.6) is 0 Å². The lowest BCUT2D eigenvalue weighted by Gasteiger charge is -2.23. The second-order valence-corrected chi connectivity index (χ2v) is 5.39. The quantitative estimate of drug-likeness (QED) is 0.831. The van der Waals surface area contributed by atoms with E-state index in [1.807, 2.05) is 24.3 Å². The predicted octanol–water partition coefficient (Wildman–Crippen LogP) is 3.81. The molecule has 0 aliphatic rings. The molecule has 18 heavy (non-hydrogen) atoms. The van der Waals surface area contributed by atoms with E-state index in [0.29, 0.717) is 11.6 Å². The Morgan fingerprint density at radius 3 is 2.56 bits per heavy atom. The second kappa shape index (κ2) is 5.81. The molecule has 0 bridgehead atoms. The molecule has 2 nitrogen and oxygen atoms in total. The number of nitrogens with zero attached hydrogens (tertiary/aromatic N) is 2. The third kappa shape index (κ3) is 2.98. The van der Waals surface area contributed by atoms with E-state index in [0.717, 1.165) is 6.54 Å². The molecule has 0 fully saturated rings. The summed E-state index contributed by atoms with van der Waals surface area (Å²) in [5, 5.41) is 10.9. The highest BCUT2D eigenvalue weighted by Crippen LogP contribution is 2.24. The topological polar surface area (TPSA) is 27.0 Å². The summed E-state index contributed by atoms with van der Waals surface area (Å²) in [5.74, 6) is 0. The molecule has 0 aliphatic carbocycles. The van der Waals surface area contributed by atoms with Gasteiger partial charge in [-0.05, 0) is 43.1 Å². The van der Waals surface area contributed by atoms with Crippen LogP contribution in [0.1, 0.15) is 29.0 Å². The van der Waals surface area contributed by atoms with E-state index in [1.54, 1.807) is 11.3 Å². The maximum atomic E-state index is 8.76. The zero-order chi connectivity index (χ0) is 13.0. The fraction of sp³-hybridized carbons (Fsp3) is 0.267. The van der Waals surface area contributed by atoms with Crippen LogP contribution in [0.4, 0.5) is 0 Å². The Kier molecular flexibility index (Phi) is 4.14. The molecule has 1 heterocycles. The maximum Gasteiger partial charge on any atom is 0.0991 e. The van der Waals surface area contributed by atoms with Gasteiger partial charge in [0.2, 0.25) is 0 Å². The first-order chi connectivity index (χ1) is 8.70. The monoisotopic (exact) mass is 256 g/mol. The molecule has 0 amide bonds. The van der Waals surface area contributed by atoms with Gasteiger partial charge in [0, 0.05) is 17.5 Å². The molecule has 92 valence electrons. The van der Waals surface area contributed by atoms with Gasteiger partial charge in [-0.1, -0.05) is 18.2 Å². The van der Waals surface area contributed by atoms with Crippen LogP contribution in [0.3, 0.4) is 0 Å². The number of nitriles is 1. The fourth-order valence-corrected chi connectivity index (χ4v) is 2.70. The first-order valence-corrected chi connectivity index (χ1v) is 6.81. The van der Waals surface area contributed by atoms with Crippen LogP contribution in [-0.4, -0.2) is 11.9 Å². The Labute approximate surface area is 112 Å². The van der Waals surface area contributed by atoms with Crippen molar-refractivity contribution >= 4 is 11.3 Å². The summed E-state index contributed by atoms with van der Waals surface area (Å²) in [6.45, 7) is 3.11. The van der Waals surface area contributed by atoms with Gasteiger partial charge in [0.25, 0.3) is 0 Å². The minimum absolute atomic E-state index is 0.417. The zero-order valence-electron chi connectivity index (χ0n) is 10.6. The molecule has 0 saturated heterocycles. The minimum Gasteiger partial charge on any atom is -0.295 e. The standard InChI is InChI=1S/C15H16N2S/c1-12(15-4-3-9-18-15)17(2)11-14-7-5-13(10-16)6-8-14/h3-9,12H,11H2,1-2H3. The van der Waals surface area contributed by atoms with Crippen LogP contribution in [0.25, 0.3) is 0 Å². The van der Waals surface area contributed by atoms with Crippen molar-refractivity contribution in [3.63, 3.8) is 0 Å². The Morgan fingerprint density at radius 1 is 1.28 bits per heavy atom. The van der Waals surface area contributed by atoms with E-state index in [-0.39, 0.29) is 0 Å². The van der Waals surface area contributed by atoms with E-state index < -0.39 is 0 Å². The molecule has 1 aromatic carbocycles. The van der Waals surface area contributed by atoms with Crippen LogP contribution in [0.15, 0.2) is 41.8 Å². The van der Waals surface area contributed by atoms with E-state index in [1.165, 1.54) is 10.4 Å². The van der Waals surface area contributed by atoms with E-state index in [4.69, 9.17) is 5.26 Å². The van der Waals surface area contributed by atoms with Crippen LogP contribution < -0.4 is 0 Å². The molecule has 0 N–H and O–H groups in total. The molecule has 0 spiro atoms. The van der Waals surface area contributed by atoms with Gasteiger partial charge in [0.05, 0.1) is 11.6 Å². The molecule has 1 unspecified atom stereocenters. The van der Waals surface area contributed by atoms with Gasteiger partial charge in [0.15, 0.2) is 0 Å². The lowest BCUT2D eigenvalue weighted by atomic mass is 10.1. The van der Waals surface area contributed by atoms with Crippen molar-refractivity contribution in [1.29, 1.82) is 5.26 Å². The summed E-state index contributed by atoms with van der Waals surface area (Å²) in [6, 6.07) is 14.6. The lowest BCUT2D eigenvalue weighted by molar-refractivity contribution is 0.256. The number of thiophene rings is 1. The predicted molar refractivity (Wildman–Crippen MR) is 75.4 cm³/mol. The van der Waals surface area contributed by atoms with Gasteiger partial charge in [-0.15, -0.1) is 11.3 Å². The Hall–Kier alpha value is -1.63. The van der Waals surface area contributed by atoms with Crippen molar-refractivity contribution in [3.8, 4) is 6.07 Å². The van der Waals surface area contributed by atoms with Gasteiger partial charge in [-0.3, -0.25) is 4.90 Å². The largest absolute Gasteiger partial charge is 0.295 e. The van der Waals surface area contributed by atoms with E-state index in [2.05, 4.69) is 42.5 Å². The zero-order valence-corrected chi connectivity index (χ0v) is 11.4. The Bertz CT molecular complexity index is 523. The highest BCUT2D eigenvalue weighted by Gasteiger charge is 2.12. The average Bonchev–Trinajstić information content (AvgIpc) is 2.92. The Morgan fingerprint density at radius 2 is 2.00 bits per heavy atom. The normalized spacial score (nSPS) is 12.3. The SMILES string of the molecule is CC(c1cccs1)N(C)Cc1ccc(C#N)cc1. The molecular weight excluding hydrogens is 240 g/mol. The molecule has 1 aromatic heterocycles. The van der Waals surface area contributed by atoms with Crippen molar-refractivity contribution in [2.45, 2.75) is 19.5 Å². The van der Waals surface area contributed by atoms with Crippen LogP contribution in [-0.2, 0) is 6.54 Å². The van der Waals surface area contributed by atoms with Gasteiger partial charge in [-0.2, -0.15) is 5.26 Å². The van der Waals surface area contributed by atoms with Crippen molar-refractivity contribution in [1.82, 2.24) is 4.90 Å². The summed E-state index contributed by atoms with van der Waals surface area (Å²) < 4.78 is 0. The molecular formula is C15H16N2S. The van der Waals surface area contributed by atoms with Crippen LogP contribution >= 0.6 is 11.3 Å². The molecule has 1 atom stereocenters. The van der Waals surface area contributed by atoms with Gasteiger partial charge in [-0.25, -0.2) is 0 Å². The van der Waals surface area contributed by atoms with E-state index in [9.17, 15) is 0 Å². The van der Waals surface area contributed by atoms with Gasteiger partial charge >= 0.3 is 0 Å². The highest BCUT2D eigenvalue weighted by atomic mass is 32.1. The average molecular weight is 256 g/mol. The number of benzene rings is 1. The molecule has 0 radical (unpaired) electrons. The van der Waals surface area contributed by atoms with Crippen molar-refractivity contribution in [3.05, 3.63) is 57.8 Å². The van der Waals surface area contributed by atoms with Crippen LogP contribution in [0.2, 0.25) is 0 Å². The van der Waals surface area contributed by atoms with Crippen LogP contribution in [0, 0.1) is 11.3 Å². The Balaban J connectivity index is 2.02. The molecule has 0 saturated carbocycles. The summed E-state index contributed by atoms with van der Waals surface area (Å²) in [4.78, 5) is 3.69. The molecule has 3 heteroatoms. The smallest absolute Gasteiger partial charge is 0.0991 e. The summed E-state index contributed by atoms with van der Waals surface area (Å²) in [5.41, 5.74) is 1.95. The second-order valence-electron chi connectivity index (χ2n) is 4.42. The summed E-state index contributed by atoms with van der Waals surface area (Å²) in [6.07, 6.45) is 0. The number of rotatable bonds is 4. The maximum absolute atomic E-state index is 8.76. The molecule has 0 aliphatic heterocycles. The van der Waals surface area contributed by atoms with E-state index >= 15 is 0 Å². The van der Waals surface area contributed by atoms with Crippen molar-refractivity contribution in [2.24, 2.45) is 0 Å². The lowest BCUT2D eigenvalue weighted by Crippen LogP contribution is -2.21. The third-order valence-electron chi connectivity index (χ3n) is 3.13. The minimum atomic E-state index is 0.417. The van der Waals surface area contributed by atoms with Crippen molar-refractivity contribution < 1.29 is 0 Å². The number of hydrogen-bond acceptors (Lipinski definition) is 3. The first kappa shape index (κ1) is 12.8. The molecule has 2 rings (SSSR count). The highest BCUT2D eigenvalue weighted by molar-refractivity contribution is 7.10.